The molecule has 41 heavy (non-hydrogen) atoms. The second-order valence-electron chi connectivity index (χ2n) is 10.7. The highest BCUT2D eigenvalue weighted by molar-refractivity contribution is 6.02. The molecular formula is C32H37N7O2. The standard InChI is InChI=1S/C32H37N7O2/c1-3-31(40)34-25-21-26(35-32-33-15-11-30(36-32)39-20-12-23-9-5-6-10-27(23)39)29(41-2)22-28(25)38-18-13-24(14-19-38)37-16-7-4-8-17-37/h3,5-6,9-12,15,20-22,24H,1,4,7-8,13-14,16-19H2,2H3,(H,34,40)(H,33,35,36). The number of amides is 1. The zero-order valence-corrected chi connectivity index (χ0v) is 23.6. The van der Waals surface area contributed by atoms with Gasteiger partial charge in [0.2, 0.25) is 11.9 Å². The summed E-state index contributed by atoms with van der Waals surface area (Å²) in [6.07, 6.45) is 11.2. The molecule has 212 valence electrons. The summed E-state index contributed by atoms with van der Waals surface area (Å²) < 4.78 is 7.85. The average Bonchev–Trinajstić information content (AvgIpc) is 3.46. The first-order chi connectivity index (χ1) is 20.1. The quantitative estimate of drug-likeness (QED) is 0.270. The molecule has 6 rings (SSSR count). The number of nitrogens with one attached hydrogen (secondary N) is 2. The molecule has 0 radical (unpaired) electrons. The van der Waals surface area contributed by atoms with E-state index >= 15 is 0 Å². The summed E-state index contributed by atoms with van der Waals surface area (Å²) in [5, 5.41) is 7.48. The third-order valence-corrected chi connectivity index (χ3v) is 8.21. The third-order valence-electron chi connectivity index (χ3n) is 8.21. The fourth-order valence-corrected chi connectivity index (χ4v) is 6.08. The predicted molar refractivity (Wildman–Crippen MR) is 165 cm³/mol. The van der Waals surface area contributed by atoms with Crippen LogP contribution in [-0.2, 0) is 4.79 Å². The van der Waals surface area contributed by atoms with E-state index in [2.05, 4.69) is 50.2 Å². The van der Waals surface area contributed by atoms with Gasteiger partial charge in [0.25, 0.3) is 0 Å². The van der Waals surface area contributed by atoms with Gasteiger partial charge in [-0.05, 0) is 74.5 Å². The molecule has 0 atom stereocenters. The number of likely N-dealkylation sites (tertiary alicyclic amines) is 1. The number of carbonyl (C=O) groups is 1. The zero-order chi connectivity index (χ0) is 28.2. The smallest absolute Gasteiger partial charge is 0.247 e. The van der Waals surface area contributed by atoms with E-state index in [1.165, 1.54) is 38.4 Å². The number of hydrogen-bond donors (Lipinski definition) is 2. The van der Waals surface area contributed by atoms with Crippen LogP contribution in [0.5, 0.6) is 5.75 Å². The summed E-state index contributed by atoms with van der Waals surface area (Å²) in [6, 6.07) is 16.6. The Morgan fingerprint density at radius 1 is 1.02 bits per heavy atom. The maximum atomic E-state index is 12.4. The topological polar surface area (TPSA) is 87.5 Å². The lowest BCUT2D eigenvalue weighted by Crippen LogP contribution is -2.46. The normalized spacial score (nSPS) is 16.5. The van der Waals surface area contributed by atoms with Gasteiger partial charge in [-0.15, -0.1) is 0 Å². The van der Waals surface area contributed by atoms with Crippen molar-refractivity contribution >= 4 is 39.8 Å². The van der Waals surface area contributed by atoms with Gasteiger partial charge in [-0.2, -0.15) is 4.98 Å². The molecule has 2 saturated heterocycles. The average molecular weight is 552 g/mol. The van der Waals surface area contributed by atoms with Gasteiger partial charge < -0.3 is 29.7 Å². The fourth-order valence-electron chi connectivity index (χ4n) is 6.08. The number of methoxy groups -OCH3 is 1. The van der Waals surface area contributed by atoms with Gasteiger partial charge in [0.1, 0.15) is 11.6 Å². The van der Waals surface area contributed by atoms with Crippen LogP contribution in [0.2, 0.25) is 0 Å². The van der Waals surface area contributed by atoms with Crippen LogP contribution in [0.1, 0.15) is 32.1 Å². The molecule has 2 aromatic carbocycles. The molecule has 0 bridgehead atoms. The van der Waals surface area contributed by atoms with Crippen molar-refractivity contribution in [3.63, 3.8) is 0 Å². The van der Waals surface area contributed by atoms with Crippen molar-refractivity contribution in [2.24, 2.45) is 0 Å². The molecule has 2 N–H and O–H groups in total. The Labute approximate surface area is 240 Å². The van der Waals surface area contributed by atoms with Crippen molar-refractivity contribution < 1.29 is 9.53 Å². The first-order valence-corrected chi connectivity index (χ1v) is 14.4. The number of aromatic nitrogens is 3. The van der Waals surface area contributed by atoms with Crippen molar-refractivity contribution in [2.45, 2.75) is 38.1 Å². The van der Waals surface area contributed by atoms with Crippen molar-refractivity contribution in [2.75, 3.05) is 48.8 Å². The number of piperidine rings is 2. The molecule has 0 unspecified atom stereocenters. The van der Waals surface area contributed by atoms with Crippen molar-refractivity contribution in [1.29, 1.82) is 0 Å². The van der Waals surface area contributed by atoms with Crippen LogP contribution in [0, 0.1) is 0 Å². The highest BCUT2D eigenvalue weighted by Gasteiger charge is 2.27. The van der Waals surface area contributed by atoms with Crippen LogP contribution in [0.25, 0.3) is 16.7 Å². The molecule has 1 amide bonds. The first-order valence-electron chi connectivity index (χ1n) is 14.4. The molecule has 2 aromatic heterocycles. The van der Waals surface area contributed by atoms with Crippen LogP contribution >= 0.6 is 0 Å². The van der Waals surface area contributed by atoms with Crippen molar-refractivity contribution in [1.82, 2.24) is 19.4 Å². The number of benzene rings is 2. The van der Waals surface area contributed by atoms with Crippen LogP contribution in [0.3, 0.4) is 0 Å². The highest BCUT2D eigenvalue weighted by atomic mass is 16.5. The second-order valence-corrected chi connectivity index (χ2v) is 10.7. The van der Waals surface area contributed by atoms with Crippen LogP contribution in [-0.4, -0.2) is 64.7 Å². The summed E-state index contributed by atoms with van der Waals surface area (Å²) in [5.74, 6) is 1.56. The van der Waals surface area contributed by atoms with Gasteiger partial charge in [-0.3, -0.25) is 4.79 Å². The number of anilines is 4. The summed E-state index contributed by atoms with van der Waals surface area (Å²) >= 11 is 0. The maximum Gasteiger partial charge on any atom is 0.247 e. The molecule has 4 heterocycles. The van der Waals surface area contributed by atoms with Crippen molar-refractivity contribution in [3.8, 4) is 11.6 Å². The number of para-hydroxylation sites is 1. The minimum Gasteiger partial charge on any atom is -0.494 e. The Bertz CT molecular complexity index is 1530. The van der Waals surface area contributed by atoms with E-state index in [1.807, 2.05) is 41.1 Å². The van der Waals surface area contributed by atoms with E-state index in [0.717, 1.165) is 48.3 Å². The number of hydrogen-bond acceptors (Lipinski definition) is 7. The number of fused-ring (bicyclic) bond motifs is 1. The Hall–Kier alpha value is -4.37. The van der Waals surface area contributed by atoms with E-state index in [-0.39, 0.29) is 5.91 Å². The van der Waals surface area contributed by atoms with Crippen molar-refractivity contribution in [3.05, 3.63) is 73.6 Å². The predicted octanol–water partition coefficient (Wildman–Crippen LogP) is 5.75. The lowest BCUT2D eigenvalue weighted by Gasteiger charge is -2.41. The molecule has 2 fully saturated rings. The van der Waals surface area contributed by atoms with E-state index < -0.39 is 0 Å². The molecule has 2 aliphatic heterocycles. The van der Waals surface area contributed by atoms with Gasteiger partial charge in [0.15, 0.2) is 0 Å². The SMILES string of the molecule is C=CC(=O)Nc1cc(Nc2nccc(-n3ccc4ccccc43)n2)c(OC)cc1N1CCC(N2CCCCC2)CC1. The molecule has 4 aromatic rings. The van der Waals surface area contributed by atoms with E-state index in [0.29, 0.717) is 29.1 Å². The first kappa shape index (κ1) is 26.8. The summed E-state index contributed by atoms with van der Waals surface area (Å²) in [7, 11) is 1.65. The molecule has 0 spiro atoms. The minimum atomic E-state index is -0.261. The molecule has 2 aliphatic rings. The monoisotopic (exact) mass is 551 g/mol. The number of rotatable bonds is 8. The minimum absolute atomic E-state index is 0.261. The van der Waals surface area contributed by atoms with Gasteiger partial charge in [0.05, 0.1) is 29.7 Å². The third kappa shape index (κ3) is 5.76. The van der Waals surface area contributed by atoms with Gasteiger partial charge >= 0.3 is 0 Å². The Kier molecular flexibility index (Phi) is 7.86. The Morgan fingerprint density at radius 3 is 2.61 bits per heavy atom. The van der Waals surface area contributed by atoms with Crippen LogP contribution in [0.15, 0.2) is 73.6 Å². The molecule has 9 nitrogen and oxygen atoms in total. The molecule has 9 heteroatoms. The number of carbonyl (C=O) groups excluding carboxylic acids is 1. The summed E-state index contributed by atoms with van der Waals surface area (Å²) in [5.41, 5.74) is 3.36. The zero-order valence-electron chi connectivity index (χ0n) is 23.6. The Morgan fingerprint density at radius 2 is 1.83 bits per heavy atom. The van der Waals surface area contributed by atoms with Crippen LogP contribution in [0.4, 0.5) is 23.0 Å². The summed E-state index contributed by atoms with van der Waals surface area (Å²) in [4.78, 5) is 26.7. The highest BCUT2D eigenvalue weighted by Crippen LogP contribution is 2.39. The molecule has 0 saturated carbocycles. The van der Waals surface area contributed by atoms with E-state index in [4.69, 9.17) is 9.72 Å². The Balaban J connectivity index is 1.27. The molecular weight excluding hydrogens is 514 g/mol. The fraction of sp³-hybridized carbons (Fsp3) is 0.344. The van der Waals surface area contributed by atoms with Gasteiger partial charge in [0, 0.05) is 37.6 Å². The molecule has 0 aliphatic carbocycles. The lowest BCUT2D eigenvalue weighted by molar-refractivity contribution is -0.111. The van der Waals surface area contributed by atoms with Gasteiger partial charge in [-0.25, -0.2) is 4.98 Å². The van der Waals surface area contributed by atoms with E-state index in [1.54, 1.807) is 13.3 Å². The number of nitrogens with zero attached hydrogens (tertiary/aromatic N) is 5. The van der Waals surface area contributed by atoms with Gasteiger partial charge in [-0.1, -0.05) is 31.2 Å². The summed E-state index contributed by atoms with van der Waals surface area (Å²) in [6.45, 7) is 7.91. The lowest BCUT2D eigenvalue weighted by atomic mass is 9.99. The maximum absolute atomic E-state index is 12.4. The second kappa shape index (κ2) is 12.0. The number of ether oxygens (including phenoxy) is 1. The van der Waals surface area contributed by atoms with Crippen LogP contribution < -0.4 is 20.3 Å². The van der Waals surface area contributed by atoms with E-state index in [9.17, 15) is 4.79 Å². The largest absolute Gasteiger partial charge is 0.494 e.